The molecular weight excluding hydrogens is 697 g/mol. The summed E-state index contributed by atoms with van der Waals surface area (Å²) in [4.78, 5) is 27.8. The van der Waals surface area contributed by atoms with Gasteiger partial charge in [-0.2, -0.15) is 0 Å². The number of ether oxygens (including phenoxy) is 2. The number of carbonyl (C=O) groups is 2. The van der Waals surface area contributed by atoms with Gasteiger partial charge in [0.1, 0.15) is 12.2 Å². The molecule has 0 aromatic heterocycles. The van der Waals surface area contributed by atoms with Crippen LogP contribution in [0, 0.1) is 0 Å². The highest BCUT2D eigenvalue weighted by molar-refractivity contribution is 5.69. The minimum absolute atomic E-state index is 0.0108. The zero-order valence-corrected chi connectivity index (χ0v) is 38.0. The van der Waals surface area contributed by atoms with Gasteiger partial charge in [0.2, 0.25) is 0 Å². The molecule has 0 bridgehead atoms. The third-order valence-electron chi connectivity index (χ3n) is 11.5. The van der Waals surface area contributed by atoms with Crippen molar-refractivity contribution >= 4 is 11.9 Å². The smallest absolute Gasteiger partial charge is 0.306 e. The van der Waals surface area contributed by atoms with Crippen LogP contribution in [0.2, 0.25) is 0 Å². The molecule has 8 nitrogen and oxygen atoms in total. The van der Waals surface area contributed by atoms with Gasteiger partial charge in [-0.15, -0.1) is 0 Å². The van der Waals surface area contributed by atoms with E-state index in [9.17, 15) is 9.59 Å². The highest BCUT2D eigenvalue weighted by Crippen LogP contribution is 2.19. The van der Waals surface area contributed by atoms with Gasteiger partial charge in [0.15, 0.2) is 0 Å². The standard InChI is InChI=1S/C48H98N4O4/c1-5-9-12-15-20-27-34-44(8-4)55-47(53)37-30-23-18-25-32-40-52(42-39-51-46(50)43-49)41-33-26-19-24-31-38-48(54)56-45(35-28-21-16-13-10-6-2)36-29-22-17-14-11-7-3/h44-46,51H,5-43,49-50H2,1-4H3. The van der Waals surface area contributed by atoms with E-state index in [1.54, 1.807) is 0 Å². The number of rotatable bonds is 45. The molecule has 56 heavy (non-hydrogen) atoms. The van der Waals surface area contributed by atoms with Crippen LogP contribution >= 0.6 is 0 Å². The fourth-order valence-corrected chi connectivity index (χ4v) is 7.65. The van der Waals surface area contributed by atoms with Crippen LogP contribution in [-0.2, 0) is 19.1 Å². The van der Waals surface area contributed by atoms with Crippen molar-refractivity contribution in [2.75, 3.05) is 32.7 Å². The Hall–Kier alpha value is -1.22. The lowest BCUT2D eigenvalue weighted by Crippen LogP contribution is -2.46. The number of nitrogens with two attached hydrogens (primary N) is 2. The molecule has 8 heteroatoms. The number of hydrogen-bond donors (Lipinski definition) is 3. The molecule has 0 aromatic carbocycles. The normalized spacial score (nSPS) is 12.8. The van der Waals surface area contributed by atoms with Crippen LogP contribution in [0.1, 0.15) is 246 Å². The molecule has 0 amide bonds. The number of nitrogens with zero attached hydrogens (tertiary/aromatic N) is 1. The number of unbranched alkanes of at least 4 members (excludes halogenated alkanes) is 23. The summed E-state index contributed by atoms with van der Waals surface area (Å²) >= 11 is 0. The molecule has 0 saturated heterocycles. The van der Waals surface area contributed by atoms with E-state index in [4.69, 9.17) is 20.9 Å². The second-order valence-corrected chi connectivity index (χ2v) is 17.0. The molecule has 0 fully saturated rings. The summed E-state index contributed by atoms with van der Waals surface area (Å²) in [5.41, 5.74) is 11.7. The summed E-state index contributed by atoms with van der Waals surface area (Å²) in [6, 6.07) is 0. The zero-order valence-electron chi connectivity index (χ0n) is 38.0. The van der Waals surface area contributed by atoms with E-state index in [1.165, 1.54) is 141 Å². The van der Waals surface area contributed by atoms with Gasteiger partial charge >= 0.3 is 11.9 Å². The maximum absolute atomic E-state index is 12.8. The first kappa shape index (κ1) is 54.8. The molecule has 0 aliphatic rings. The van der Waals surface area contributed by atoms with Gasteiger partial charge in [0, 0.05) is 32.5 Å². The monoisotopic (exact) mass is 795 g/mol. The van der Waals surface area contributed by atoms with E-state index < -0.39 is 0 Å². The van der Waals surface area contributed by atoms with Crippen LogP contribution in [0.3, 0.4) is 0 Å². The quantitative estimate of drug-likeness (QED) is 0.0317. The molecule has 0 aliphatic heterocycles. The lowest BCUT2D eigenvalue weighted by molar-refractivity contribution is -0.150. The second kappa shape index (κ2) is 43.4. The summed E-state index contributed by atoms with van der Waals surface area (Å²) in [5.74, 6) is 0.00793. The summed E-state index contributed by atoms with van der Waals surface area (Å²) in [7, 11) is 0. The largest absolute Gasteiger partial charge is 0.462 e. The number of nitrogens with one attached hydrogen (secondary N) is 1. The predicted octanol–water partition coefficient (Wildman–Crippen LogP) is 12.3. The van der Waals surface area contributed by atoms with Gasteiger partial charge in [-0.05, 0) is 83.7 Å². The molecule has 2 atom stereocenters. The van der Waals surface area contributed by atoms with Crippen molar-refractivity contribution in [3.8, 4) is 0 Å². The maximum atomic E-state index is 12.8. The molecule has 334 valence electrons. The Morgan fingerprint density at radius 3 is 1.25 bits per heavy atom. The third-order valence-corrected chi connectivity index (χ3v) is 11.5. The third kappa shape index (κ3) is 38.3. The first-order valence-corrected chi connectivity index (χ1v) is 24.7. The molecule has 0 spiro atoms. The van der Waals surface area contributed by atoms with Crippen molar-refractivity contribution in [2.24, 2.45) is 11.5 Å². The highest BCUT2D eigenvalue weighted by Gasteiger charge is 2.15. The number of hydrogen-bond acceptors (Lipinski definition) is 8. The summed E-state index contributed by atoms with van der Waals surface area (Å²) in [5, 5.41) is 3.34. The fourth-order valence-electron chi connectivity index (χ4n) is 7.65. The summed E-state index contributed by atoms with van der Waals surface area (Å²) in [6.07, 6.45) is 39.3. The van der Waals surface area contributed by atoms with Crippen LogP contribution in [0.4, 0.5) is 0 Å². The van der Waals surface area contributed by atoms with E-state index in [0.717, 1.165) is 90.4 Å². The molecular formula is C48H98N4O4. The van der Waals surface area contributed by atoms with E-state index in [2.05, 4.69) is 37.9 Å². The topological polar surface area (TPSA) is 120 Å². The van der Waals surface area contributed by atoms with Crippen LogP contribution in [0.15, 0.2) is 0 Å². The fraction of sp³-hybridized carbons (Fsp3) is 0.958. The lowest BCUT2D eigenvalue weighted by atomic mass is 10.0. The zero-order chi connectivity index (χ0) is 41.2. The second-order valence-electron chi connectivity index (χ2n) is 17.0. The first-order valence-electron chi connectivity index (χ1n) is 24.7. The Bertz CT molecular complexity index is 815. The molecule has 0 aliphatic carbocycles. The van der Waals surface area contributed by atoms with Crippen LogP contribution < -0.4 is 16.8 Å². The molecule has 5 N–H and O–H groups in total. The van der Waals surface area contributed by atoms with E-state index in [1.807, 2.05) is 0 Å². The number of esters is 2. The van der Waals surface area contributed by atoms with Gasteiger partial charge in [-0.3, -0.25) is 14.9 Å². The van der Waals surface area contributed by atoms with E-state index >= 15 is 0 Å². The Labute approximate surface area is 348 Å². The van der Waals surface area contributed by atoms with Crippen molar-refractivity contribution < 1.29 is 19.1 Å². The van der Waals surface area contributed by atoms with Gasteiger partial charge in [-0.25, -0.2) is 0 Å². The minimum atomic E-state index is -0.153. The van der Waals surface area contributed by atoms with Crippen LogP contribution in [0.25, 0.3) is 0 Å². The molecule has 0 rings (SSSR count). The average Bonchev–Trinajstić information content (AvgIpc) is 3.19. The Morgan fingerprint density at radius 1 is 0.482 bits per heavy atom. The lowest BCUT2D eigenvalue weighted by Gasteiger charge is -2.23. The Morgan fingerprint density at radius 2 is 0.839 bits per heavy atom. The molecule has 0 aromatic rings. The molecule has 0 heterocycles. The predicted molar refractivity (Wildman–Crippen MR) is 241 cm³/mol. The van der Waals surface area contributed by atoms with Gasteiger partial charge in [0.25, 0.3) is 0 Å². The maximum Gasteiger partial charge on any atom is 0.306 e. The van der Waals surface area contributed by atoms with Crippen molar-refractivity contribution in [1.29, 1.82) is 0 Å². The minimum Gasteiger partial charge on any atom is -0.462 e. The van der Waals surface area contributed by atoms with Crippen molar-refractivity contribution in [3.63, 3.8) is 0 Å². The molecule has 2 unspecified atom stereocenters. The van der Waals surface area contributed by atoms with Crippen LogP contribution in [-0.4, -0.2) is 67.9 Å². The Kier molecular flexibility index (Phi) is 42.4. The number of carbonyl (C=O) groups excluding carboxylic acids is 2. The first-order chi connectivity index (χ1) is 27.4. The van der Waals surface area contributed by atoms with Gasteiger partial charge < -0.3 is 25.8 Å². The molecule has 0 radical (unpaired) electrons. The van der Waals surface area contributed by atoms with Gasteiger partial charge in [-0.1, -0.05) is 163 Å². The van der Waals surface area contributed by atoms with Crippen molar-refractivity contribution in [2.45, 2.75) is 264 Å². The summed E-state index contributed by atoms with van der Waals surface area (Å²) in [6.45, 7) is 13.3. The van der Waals surface area contributed by atoms with Gasteiger partial charge in [0.05, 0.1) is 6.17 Å². The highest BCUT2D eigenvalue weighted by atomic mass is 16.5. The van der Waals surface area contributed by atoms with Crippen molar-refractivity contribution in [1.82, 2.24) is 10.2 Å². The van der Waals surface area contributed by atoms with Crippen molar-refractivity contribution in [3.05, 3.63) is 0 Å². The van der Waals surface area contributed by atoms with E-state index in [-0.39, 0.29) is 30.3 Å². The average molecular weight is 795 g/mol. The van der Waals surface area contributed by atoms with Crippen LogP contribution in [0.5, 0.6) is 0 Å². The SMILES string of the molecule is CCCCCCCCC(CC)OC(=O)CCCCCCCN(CCCCCCCC(=O)OC(CCCCCCCC)CCCCCCCC)CCNC(N)CN. The molecule has 0 saturated carbocycles. The Balaban J connectivity index is 4.34. The van der Waals surface area contributed by atoms with E-state index in [0.29, 0.717) is 19.4 Å². The summed E-state index contributed by atoms with van der Waals surface area (Å²) < 4.78 is 11.9.